The molecule has 0 saturated carbocycles. The summed E-state index contributed by atoms with van der Waals surface area (Å²) in [5, 5.41) is 12.7. The summed E-state index contributed by atoms with van der Waals surface area (Å²) in [6, 6.07) is 0. The van der Waals surface area contributed by atoms with Gasteiger partial charge in [-0.05, 0) is 13.3 Å². The highest BCUT2D eigenvalue weighted by molar-refractivity contribution is 14.0. The molecule has 0 amide bonds. The molecule has 1 rings (SSSR count). The third kappa shape index (κ3) is 5.31. The Bertz CT molecular complexity index is 214. The van der Waals surface area contributed by atoms with E-state index < -0.39 is 0 Å². The topological polar surface area (TPSA) is 57.1 Å². The number of nitrogens with one attached hydrogen (secondary N) is 1. The molecule has 5 nitrogen and oxygen atoms in total. The van der Waals surface area contributed by atoms with Crippen LogP contribution in [0.25, 0.3) is 0 Å². The van der Waals surface area contributed by atoms with E-state index in [0.717, 1.165) is 25.5 Å². The molecule has 1 heterocycles. The largest absolute Gasteiger partial charge is 0.391 e. The Labute approximate surface area is 114 Å². The second-order valence-corrected chi connectivity index (χ2v) is 3.62. The molecule has 0 unspecified atom stereocenters. The first kappa shape index (κ1) is 15.9. The lowest BCUT2D eigenvalue weighted by molar-refractivity contribution is 0.187. The van der Waals surface area contributed by atoms with Gasteiger partial charge in [0.15, 0.2) is 5.96 Å². The lowest BCUT2D eigenvalue weighted by atomic mass is 10.3. The lowest BCUT2D eigenvalue weighted by Crippen LogP contribution is -2.40. The third-order valence-corrected chi connectivity index (χ3v) is 2.35. The van der Waals surface area contributed by atoms with Gasteiger partial charge in [-0.15, -0.1) is 24.0 Å². The molecule has 6 heteroatoms. The first-order chi connectivity index (χ1) is 7.27. The van der Waals surface area contributed by atoms with Gasteiger partial charge in [-0.3, -0.25) is 4.99 Å². The van der Waals surface area contributed by atoms with Crippen molar-refractivity contribution in [3.63, 3.8) is 0 Å². The predicted molar refractivity (Wildman–Crippen MR) is 75.5 cm³/mol. The van der Waals surface area contributed by atoms with Crippen molar-refractivity contribution in [3.8, 4) is 0 Å². The molecule has 0 aliphatic carbocycles. The highest BCUT2D eigenvalue weighted by atomic mass is 127. The van der Waals surface area contributed by atoms with Gasteiger partial charge in [0.2, 0.25) is 0 Å². The van der Waals surface area contributed by atoms with Crippen molar-refractivity contribution < 1.29 is 9.84 Å². The summed E-state index contributed by atoms with van der Waals surface area (Å²) < 4.78 is 4.95. The summed E-state index contributed by atoms with van der Waals surface area (Å²) in [6.45, 7) is 5.73. The van der Waals surface area contributed by atoms with E-state index in [2.05, 4.69) is 15.2 Å². The van der Waals surface area contributed by atoms with Gasteiger partial charge >= 0.3 is 0 Å². The fraction of sp³-hybridized carbons (Fsp3) is 0.900. The average molecular weight is 343 g/mol. The molecule has 96 valence electrons. The molecule has 0 radical (unpaired) electrons. The smallest absolute Gasteiger partial charge is 0.194 e. The predicted octanol–water partition coefficient (Wildman–Crippen LogP) is 0.283. The van der Waals surface area contributed by atoms with Crippen LogP contribution < -0.4 is 5.32 Å². The minimum absolute atomic E-state index is 0. The zero-order chi connectivity index (χ0) is 11.1. The summed E-state index contributed by atoms with van der Waals surface area (Å²) in [6.07, 6.45) is 0.616. The Balaban J connectivity index is 0.00000225. The number of hydrogen-bond donors (Lipinski definition) is 2. The third-order valence-electron chi connectivity index (χ3n) is 2.35. The molecule has 1 fully saturated rings. The number of ether oxygens (including phenoxy) is 1. The van der Waals surface area contributed by atoms with Crippen LogP contribution in [0.3, 0.4) is 0 Å². The van der Waals surface area contributed by atoms with Gasteiger partial charge in [0.05, 0.1) is 19.3 Å². The van der Waals surface area contributed by atoms with E-state index in [-0.39, 0.29) is 30.1 Å². The molecule has 0 spiro atoms. The molecule has 1 aliphatic rings. The normalized spacial score (nSPS) is 20.8. The molecule has 1 atom stereocenters. The molecule has 16 heavy (non-hydrogen) atoms. The number of guanidine groups is 1. The number of aliphatic hydroxyl groups excluding tert-OH is 1. The van der Waals surface area contributed by atoms with Crippen LogP contribution in [-0.2, 0) is 4.74 Å². The van der Waals surface area contributed by atoms with Crippen LogP contribution in [0.5, 0.6) is 0 Å². The number of methoxy groups -OCH3 is 1. The summed E-state index contributed by atoms with van der Waals surface area (Å²) in [5.41, 5.74) is 0. The maximum Gasteiger partial charge on any atom is 0.194 e. The summed E-state index contributed by atoms with van der Waals surface area (Å²) in [5.74, 6) is 0.881. The number of nitrogens with zero attached hydrogens (tertiary/aromatic N) is 2. The van der Waals surface area contributed by atoms with E-state index in [1.54, 1.807) is 7.11 Å². The van der Waals surface area contributed by atoms with Gasteiger partial charge in [-0.1, -0.05) is 0 Å². The van der Waals surface area contributed by atoms with Crippen LogP contribution >= 0.6 is 24.0 Å². The zero-order valence-electron chi connectivity index (χ0n) is 9.98. The van der Waals surface area contributed by atoms with Crippen LogP contribution in [-0.4, -0.2) is 62.0 Å². The highest BCUT2D eigenvalue weighted by Crippen LogP contribution is 2.08. The minimum atomic E-state index is -0.212. The second-order valence-electron chi connectivity index (χ2n) is 3.62. The molecule has 2 N–H and O–H groups in total. The maximum absolute atomic E-state index is 9.44. The number of halogens is 1. The zero-order valence-corrected chi connectivity index (χ0v) is 12.3. The van der Waals surface area contributed by atoms with Crippen molar-refractivity contribution in [3.05, 3.63) is 0 Å². The minimum Gasteiger partial charge on any atom is -0.391 e. The molecule has 0 aromatic rings. The maximum atomic E-state index is 9.44. The highest BCUT2D eigenvalue weighted by Gasteiger charge is 2.22. The van der Waals surface area contributed by atoms with Gasteiger partial charge in [-0.25, -0.2) is 0 Å². The number of hydrogen-bond acceptors (Lipinski definition) is 3. The first-order valence-corrected chi connectivity index (χ1v) is 5.48. The standard InChI is InChI=1S/C10H21N3O2.HI/c1-3-11-10(12-5-7-15-2)13-6-4-9(14)8-13;/h9,14H,3-8H2,1-2H3,(H,11,12);1H/t9-;/m1./s1. The summed E-state index contributed by atoms with van der Waals surface area (Å²) in [4.78, 5) is 6.50. The Hall–Kier alpha value is -0.0800. The molecular formula is C10H22IN3O2. The van der Waals surface area contributed by atoms with Gasteiger partial charge in [0.1, 0.15) is 0 Å². The fourth-order valence-electron chi connectivity index (χ4n) is 1.60. The SMILES string of the molecule is CCNC(=NCCOC)N1CC[C@@H](O)C1.I. The van der Waals surface area contributed by atoms with Gasteiger partial charge in [-0.2, -0.15) is 0 Å². The van der Waals surface area contributed by atoms with E-state index >= 15 is 0 Å². The van der Waals surface area contributed by atoms with Crippen LogP contribution in [0.1, 0.15) is 13.3 Å². The molecule has 1 saturated heterocycles. The van der Waals surface area contributed by atoms with Crippen molar-refractivity contribution >= 4 is 29.9 Å². The quantitative estimate of drug-likeness (QED) is 0.333. The second kappa shape index (κ2) is 9.00. The Kier molecular flexibility index (Phi) is 8.96. The van der Waals surface area contributed by atoms with Crippen molar-refractivity contribution in [2.75, 3.05) is 39.9 Å². The summed E-state index contributed by atoms with van der Waals surface area (Å²) >= 11 is 0. The lowest BCUT2D eigenvalue weighted by Gasteiger charge is -2.20. The fourth-order valence-corrected chi connectivity index (χ4v) is 1.60. The van der Waals surface area contributed by atoms with E-state index in [1.165, 1.54) is 0 Å². The molecule has 0 bridgehead atoms. The molecule has 0 aromatic heterocycles. The number of aliphatic imine (C=N–C) groups is 1. The van der Waals surface area contributed by atoms with Crippen molar-refractivity contribution in [2.45, 2.75) is 19.4 Å². The molecule has 1 aliphatic heterocycles. The molecular weight excluding hydrogens is 321 g/mol. The van der Waals surface area contributed by atoms with Gasteiger partial charge < -0.3 is 20.1 Å². The first-order valence-electron chi connectivity index (χ1n) is 5.48. The van der Waals surface area contributed by atoms with Crippen LogP contribution in [0.15, 0.2) is 4.99 Å². The van der Waals surface area contributed by atoms with E-state index in [9.17, 15) is 5.11 Å². The van der Waals surface area contributed by atoms with Crippen molar-refractivity contribution in [1.29, 1.82) is 0 Å². The molecule has 0 aromatic carbocycles. The number of aliphatic hydroxyl groups is 1. The monoisotopic (exact) mass is 343 g/mol. The summed E-state index contributed by atoms with van der Waals surface area (Å²) in [7, 11) is 1.67. The Morgan fingerprint density at radius 2 is 2.38 bits per heavy atom. The Morgan fingerprint density at radius 1 is 1.62 bits per heavy atom. The van der Waals surface area contributed by atoms with E-state index in [0.29, 0.717) is 19.7 Å². The van der Waals surface area contributed by atoms with Gasteiger partial charge in [0, 0.05) is 26.7 Å². The number of β-amino-alcohol motifs (C(OH)–C–C–N with tert-alkyl or cyclic N) is 1. The van der Waals surface area contributed by atoms with Crippen LogP contribution in [0.4, 0.5) is 0 Å². The Morgan fingerprint density at radius 3 is 2.88 bits per heavy atom. The van der Waals surface area contributed by atoms with E-state index in [1.807, 2.05) is 6.92 Å². The van der Waals surface area contributed by atoms with Crippen LogP contribution in [0.2, 0.25) is 0 Å². The van der Waals surface area contributed by atoms with Gasteiger partial charge in [0.25, 0.3) is 0 Å². The van der Waals surface area contributed by atoms with E-state index in [4.69, 9.17) is 4.74 Å². The number of likely N-dealkylation sites (tertiary alicyclic amines) is 1. The number of rotatable bonds is 4. The average Bonchev–Trinajstić information content (AvgIpc) is 2.64. The van der Waals surface area contributed by atoms with Crippen molar-refractivity contribution in [1.82, 2.24) is 10.2 Å². The van der Waals surface area contributed by atoms with Crippen LogP contribution in [0, 0.1) is 0 Å². The van der Waals surface area contributed by atoms with Crippen molar-refractivity contribution in [2.24, 2.45) is 4.99 Å².